The van der Waals surface area contributed by atoms with Gasteiger partial charge < -0.3 is 5.43 Å². The van der Waals surface area contributed by atoms with Crippen molar-refractivity contribution in [1.29, 1.82) is 0 Å². The van der Waals surface area contributed by atoms with Gasteiger partial charge in [0.1, 0.15) is 0 Å². The summed E-state index contributed by atoms with van der Waals surface area (Å²) in [6, 6.07) is 5.13. The average molecular weight is 189 g/mol. The van der Waals surface area contributed by atoms with E-state index in [1.807, 2.05) is 13.0 Å². The van der Waals surface area contributed by atoms with Crippen molar-refractivity contribution < 1.29 is 0 Å². The molecule has 0 atom stereocenters. The first-order valence-electron chi connectivity index (χ1n) is 4.52. The summed E-state index contributed by atoms with van der Waals surface area (Å²) in [5, 5.41) is 0.952. The van der Waals surface area contributed by atoms with E-state index < -0.39 is 0 Å². The molecule has 0 aliphatic carbocycles. The Bertz CT molecular complexity index is 504. The second kappa shape index (κ2) is 3.49. The Morgan fingerprint density at radius 2 is 2.29 bits per heavy atom. The Kier molecular flexibility index (Phi) is 2.18. The number of pyridine rings is 2. The van der Waals surface area contributed by atoms with E-state index in [9.17, 15) is 4.79 Å². The number of aromatic nitrogens is 2. The van der Waals surface area contributed by atoms with E-state index in [2.05, 4.69) is 10.4 Å². The molecule has 4 nitrogen and oxygen atoms in total. The minimum absolute atomic E-state index is 0.0504. The van der Waals surface area contributed by atoms with Gasteiger partial charge in [0.05, 0.1) is 5.52 Å². The fourth-order valence-electron chi connectivity index (χ4n) is 1.41. The van der Waals surface area contributed by atoms with Crippen molar-refractivity contribution >= 4 is 10.9 Å². The average Bonchev–Trinajstić information content (AvgIpc) is 2.23. The predicted octanol–water partition coefficient (Wildman–Crippen LogP) is 0.960. The summed E-state index contributed by atoms with van der Waals surface area (Å²) in [6.45, 7) is 2.66. The zero-order chi connectivity index (χ0) is 9.97. The second-order valence-electron chi connectivity index (χ2n) is 2.95. The monoisotopic (exact) mass is 189 g/mol. The van der Waals surface area contributed by atoms with Crippen molar-refractivity contribution in [3.05, 3.63) is 40.9 Å². The van der Waals surface area contributed by atoms with E-state index in [1.165, 1.54) is 10.7 Å². The zero-order valence-electron chi connectivity index (χ0n) is 7.90. The third-order valence-corrected chi connectivity index (χ3v) is 2.01. The van der Waals surface area contributed by atoms with Crippen LogP contribution in [0.1, 0.15) is 6.92 Å². The van der Waals surface area contributed by atoms with Crippen LogP contribution in [0.3, 0.4) is 0 Å². The zero-order valence-corrected chi connectivity index (χ0v) is 7.90. The maximum absolute atomic E-state index is 11.5. The molecular formula is C10H11N3O. The summed E-state index contributed by atoms with van der Waals surface area (Å²) in [4.78, 5) is 15.5. The van der Waals surface area contributed by atoms with Crippen LogP contribution in [0.5, 0.6) is 0 Å². The third-order valence-electron chi connectivity index (χ3n) is 2.01. The van der Waals surface area contributed by atoms with Crippen molar-refractivity contribution in [2.45, 2.75) is 6.92 Å². The van der Waals surface area contributed by atoms with Gasteiger partial charge in [0.25, 0.3) is 5.56 Å². The van der Waals surface area contributed by atoms with Gasteiger partial charge in [0.2, 0.25) is 0 Å². The molecule has 0 aliphatic heterocycles. The van der Waals surface area contributed by atoms with Gasteiger partial charge in [0.15, 0.2) is 0 Å². The molecule has 0 saturated carbocycles. The van der Waals surface area contributed by atoms with E-state index in [4.69, 9.17) is 0 Å². The van der Waals surface area contributed by atoms with Gasteiger partial charge in [-0.15, -0.1) is 0 Å². The van der Waals surface area contributed by atoms with Gasteiger partial charge in [-0.25, -0.2) is 4.68 Å². The topological polar surface area (TPSA) is 46.9 Å². The number of hydrogen-bond acceptors (Lipinski definition) is 3. The van der Waals surface area contributed by atoms with Crippen LogP contribution in [-0.4, -0.2) is 16.2 Å². The molecule has 0 saturated heterocycles. The Labute approximate surface area is 81.2 Å². The third kappa shape index (κ3) is 1.35. The molecule has 1 N–H and O–H groups in total. The first-order chi connectivity index (χ1) is 6.83. The number of nitrogens with one attached hydrogen (secondary N) is 1. The largest absolute Gasteiger partial charge is 0.323 e. The standard InChI is InChI=1S/C10H11N3O/c1-2-12-13-9-5-6-11-7-8(9)3-4-10(13)14/h3-7,12H,2H2,1H3. The Morgan fingerprint density at radius 3 is 3.07 bits per heavy atom. The molecule has 0 radical (unpaired) electrons. The van der Waals surface area contributed by atoms with Gasteiger partial charge >= 0.3 is 0 Å². The van der Waals surface area contributed by atoms with Crippen molar-refractivity contribution in [1.82, 2.24) is 9.66 Å². The van der Waals surface area contributed by atoms with E-state index in [1.54, 1.807) is 18.5 Å². The first-order valence-corrected chi connectivity index (χ1v) is 4.52. The smallest absolute Gasteiger partial charge is 0.269 e. The quantitative estimate of drug-likeness (QED) is 0.765. The van der Waals surface area contributed by atoms with E-state index >= 15 is 0 Å². The maximum Gasteiger partial charge on any atom is 0.269 e. The summed E-state index contributed by atoms with van der Waals surface area (Å²) in [5.41, 5.74) is 3.80. The van der Waals surface area contributed by atoms with Crippen LogP contribution >= 0.6 is 0 Å². The molecule has 14 heavy (non-hydrogen) atoms. The summed E-state index contributed by atoms with van der Waals surface area (Å²) in [5.74, 6) is 0. The van der Waals surface area contributed by atoms with Crippen molar-refractivity contribution in [3.63, 3.8) is 0 Å². The highest BCUT2D eigenvalue weighted by atomic mass is 16.1. The van der Waals surface area contributed by atoms with Gasteiger partial charge in [-0.3, -0.25) is 9.78 Å². The van der Waals surface area contributed by atoms with E-state index in [-0.39, 0.29) is 5.56 Å². The van der Waals surface area contributed by atoms with Crippen LogP contribution in [0.25, 0.3) is 10.9 Å². The van der Waals surface area contributed by atoms with Crippen LogP contribution in [0.4, 0.5) is 0 Å². The lowest BCUT2D eigenvalue weighted by Crippen LogP contribution is -2.28. The maximum atomic E-state index is 11.5. The normalized spacial score (nSPS) is 10.4. The molecule has 0 amide bonds. The lowest BCUT2D eigenvalue weighted by molar-refractivity contribution is 0.857. The number of nitrogens with zero attached hydrogens (tertiary/aromatic N) is 2. The highest BCUT2D eigenvalue weighted by Crippen LogP contribution is 2.07. The molecule has 0 aromatic carbocycles. The lowest BCUT2D eigenvalue weighted by Gasteiger charge is -2.09. The molecule has 0 spiro atoms. The molecule has 2 heterocycles. The molecule has 0 aliphatic rings. The van der Waals surface area contributed by atoms with Crippen LogP contribution in [0.15, 0.2) is 35.4 Å². The lowest BCUT2D eigenvalue weighted by atomic mass is 10.3. The summed E-state index contributed by atoms with van der Waals surface area (Å²) >= 11 is 0. The highest BCUT2D eigenvalue weighted by molar-refractivity contribution is 5.77. The van der Waals surface area contributed by atoms with Gasteiger partial charge in [-0.2, -0.15) is 0 Å². The fourth-order valence-corrected chi connectivity index (χ4v) is 1.41. The Hall–Kier alpha value is -1.84. The minimum atomic E-state index is -0.0504. The van der Waals surface area contributed by atoms with Crippen LogP contribution in [0, 0.1) is 0 Å². The molecule has 0 bridgehead atoms. The minimum Gasteiger partial charge on any atom is -0.323 e. The fraction of sp³-hybridized carbons (Fsp3) is 0.200. The Balaban J connectivity index is 2.76. The van der Waals surface area contributed by atoms with Crippen LogP contribution in [-0.2, 0) is 0 Å². The van der Waals surface area contributed by atoms with Gasteiger partial charge in [-0.05, 0) is 19.1 Å². The first kappa shape index (κ1) is 8.74. The molecule has 4 heteroatoms. The SMILES string of the molecule is CCNn1c(=O)ccc2cnccc21. The van der Waals surface area contributed by atoms with E-state index in [0.717, 1.165) is 10.9 Å². The van der Waals surface area contributed by atoms with E-state index in [0.29, 0.717) is 6.54 Å². The van der Waals surface area contributed by atoms with Crippen molar-refractivity contribution in [2.75, 3.05) is 12.0 Å². The highest BCUT2D eigenvalue weighted by Gasteiger charge is 2.00. The molecule has 0 unspecified atom stereocenters. The van der Waals surface area contributed by atoms with Crippen LogP contribution < -0.4 is 11.0 Å². The van der Waals surface area contributed by atoms with Crippen LogP contribution in [0.2, 0.25) is 0 Å². The molecule has 0 fully saturated rings. The molecule has 2 aromatic rings. The number of rotatable bonds is 2. The van der Waals surface area contributed by atoms with Crippen molar-refractivity contribution in [3.8, 4) is 0 Å². The molecule has 72 valence electrons. The predicted molar refractivity (Wildman–Crippen MR) is 55.9 cm³/mol. The molecular weight excluding hydrogens is 178 g/mol. The molecule has 2 aromatic heterocycles. The van der Waals surface area contributed by atoms with Crippen molar-refractivity contribution in [2.24, 2.45) is 0 Å². The summed E-state index contributed by atoms with van der Waals surface area (Å²) in [7, 11) is 0. The number of fused-ring (bicyclic) bond motifs is 1. The second-order valence-corrected chi connectivity index (χ2v) is 2.95. The van der Waals surface area contributed by atoms with Gasteiger partial charge in [-0.1, -0.05) is 0 Å². The summed E-state index contributed by atoms with van der Waals surface area (Å²) < 4.78 is 1.54. The molecule has 2 rings (SSSR count). The summed E-state index contributed by atoms with van der Waals surface area (Å²) in [6.07, 6.45) is 3.41. The Morgan fingerprint density at radius 1 is 1.43 bits per heavy atom. The number of hydrogen-bond donors (Lipinski definition) is 1. The van der Waals surface area contributed by atoms with Gasteiger partial charge in [0, 0.05) is 30.4 Å².